The van der Waals surface area contributed by atoms with Crippen LogP contribution in [0.1, 0.15) is 41.0 Å². The van der Waals surface area contributed by atoms with Crippen LogP contribution in [0.2, 0.25) is 0 Å². The van der Waals surface area contributed by atoms with Gasteiger partial charge in [0.15, 0.2) is 0 Å². The highest BCUT2D eigenvalue weighted by Gasteiger charge is 2.16. The van der Waals surface area contributed by atoms with Crippen LogP contribution >= 0.6 is 0 Å². The maximum Gasteiger partial charge on any atom is 0.320 e. The standard InChI is InChI=1S/C13H26N2O3/c1-6-18-13(17)9-15(11(4)5)8-7-12(16)14-10(2)3/h10-11H,6-9H2,1-5H3,(H,14,16). The molecule has 0 spiro atoms. The normalized spacial score (nSPS) is 11.1. The Morgan fingerprint density at radius 1 is 1.22 bits per heavy atom. The Kier molecular flexibility index (Phi) is 8.37. The summed E-state index contributed by atoms with van der Waals surface area (Å²) in [6.07, 6.45) is 0.399. The van der Waals surface area contributed by atoms with E-state index in [1.807, 2.05) is 32.6 Å². The van der Waals surface area contributed by atoms with Crippen LogP contribution in [0.4, 0.5) is 0 Å². The molecule has 0 aliphatic rings. The summed E-state index contributed by atoms with van der Waals surface area (Å²) in [7, 11) is 0. The molecule has 0 radical (unpaired) electrons. The van der Waals surface area contributed by atoms with Crippen LogP contribution in [0.3, 0.4) is 0 Å². The van der Waals surface area contributed by atoms with E-state index in [-0.39, 0.29) is 30.5 Å². The Bertz CT molecular complexity index is 265. The fourth-order valence-corrected chi connectivity index (χ4v) is 1.53. The molecule has 0 atom stereocenters. The Balaban J connectivity index is 4.12. The first-order valence-corrected chi connectivity index (χ1v) is 6.55. The highest BCUT2D eigenvalue weighted by atomic mass is 16.5. The van der Waals surface area contributed by atoms with Gasteiger partial charge in [-0.1, -0.05) is 0 Å². The molecule has 0 rings (SSSR count). The lowest BCUT2D eigenvalue weighted by Gasteiger charge is -2.25. The van der Waals surface area contributed by atoms with Gasteiger partial charge in [-0.3, -0.25) is 14.5 Å². The minimum atomic E-state index is -0.240. The molecule has 106 valence electrons. The largest absolute Gasteiger partial charge is 0.465 e. The van der Waals surface area contributed by atoms with Crippen molar-refractivity contribution in [2.24, 2.45) is 0 Å². The van der Waals surface area contributed by atoms with Gasteiger partial charge in [-0.05, 0) is 34.6 Å². The molecule has 5 nitrogen and oxygen atoms in total. The van der Waals surface area contributed by atoms with Crippen LogP contribution in [0.5, 0.6) is 0 Å². The van der Waals surface area contributed by atoms with Crippen LogP contribution in [0.25, 0.3) is 0 Å². The summed E-state index contributed by atoms with van der Waals surface area (Å²) >= 11 is 0. The minimum absolute atomic E-state index is 0.0134. The van der Waals surface area contributed by atoms with E-state index >= 15 is 0 Å². The first kappa shape index (κ1) is 16.9. The van der Waals surface area contributed by atoms with Crippen LogP contribution in [-0.2, 0) is 14.3 Å². The van der Waals surface area contributed by atoms with Crippen molar-refractivity contribution in [1.29, 1.82) is 0 Å². The number of esters is 1. The third kappa shape index (κ3) is 8.06. The molecule has 0 aromatic rings. The van der Waals surface area contributed by atoms with E-state index in [1.54, 1.807) is 6.92 Å². The van der Waals surface area contributed by atoms with E-state index in [4.69, 9.17) is 4.74 Å². The van der Waals surface area contributed by atoms with E-state index in [1.165, 1.54) is 0 Å². The zero-order chi connectivity index (χ0) is 14.1. The zero-order valence-corrected chi connectivity index (χ0v) is 12.2. The van der Waals surface area contributed by atoms with Gasteiger partial charge in [-0.2, -0.15) is 0 Å². The summed E-state index contributed by atoms with van der Waals surface area (Å²) in [5.41, 5.74) is 0. The Hall–Kier alpha value is -1.10. The average molecular weight is 258 g/mol. The lowest BCUT2D eigenvalue weighted by molar-refractivity contribution is -0.145. The highest BCUT2D eigenvalue weighted by molar-refractivity contribution is 5.76. The van der Waals surface area contributed by atoms with Gasteiger partial charge in [-0.15, -0.1) is 0 Å². The Morgan fingerprint density at radius 2 is 1.83 bits per heavy atom. The van der Waals surface area contributed by atoms with E-state index in [2.05, 4.69) is 5.32 Å². The smallest absolute Gasteiger partial charge is 0.320 e. The van der Waals surface area contributed by atoms with E-state index in [9.17, 15) is 9.59 Å². The maximum absolute atomic E-state index is 11.5. The Labute approximate surface area is 110 Å². The SMILES string of the molecule is CCOC(=O)CN(CCC(=O)NC(C)C)C(C)C. The third-order valence-electron chi connectivity index (χ3n) is 2.44. The number of carbonyl (C=O) groups excluding carboxylic acids is 2. The van der Waals surface area contributed by atoms with Crippen LogP contribution in [0.15, 0.2) is 0 Å². The molecule has 0 aromatic carbocycles. The number of amides is 1. The molecule has 5 heteroatoms. The lowest BCUT2D eigenvalue weighted by atomic mass is 10.2. The third-order valence-corrected chi connectivity index (χ3v) is 2.44. The summed E-state index contributed by atoms with van der Waals surface area (Å²) in [6.45, 7) is 10.8. The van der Waals surface area contributed by atoms with Gasteiger partial charge in [0, 0.05) is 25.0 Å². The number of rotatable bonds is 8. The molecule has 0 heterocycles. The molecule has 0 aliphatic heterocycles. The van der Waals surface area contributed by atoms with Crippen LogP contribution in [-0.4, -0.2) is 48.6 Å². The molecular formula is C13H26N2O3. The topological polar surface area (TPSA) is 58.6 Å². The summed E-state index contributed by atoms with van der Waals surface area (Å²) in [4.78, 5) is 24.9. The van der Waals surface area contributed by atoms with E-state index in [0.717, 1.165) is 0 Å². The second kappa shape index (κ2) is 8.91. The second-order valence-corrected chi connectivity index (χ2v) is 4.84. The number of ether oxygens (including phenoxy) is 1. The van der Waals surface area contributed by atoms with Gasteiger partial charge in [0.2, 0.25) is 5.91 Å². The highest BCUT2D eigenvalue weighted by Crippen LogP contribution is 2.01. The number of nitrogens with zero attached hydrogens (tertiary/aromatic N) is 1. The number of carbonyl (C=O) groups is 2. The average Bonchev–Trinajstić information content (AvgIpc) is 2.23. The van der Waals surface area contributed by atoms with Crippen molar-refractivity contribution >= 4 is 11.9 Å². The van der Waals surface area contributed by atoms with Gasteiger partial charge < -0.3 is 10.1 Å². The van der Waals surface area contributed by atoms with Crippen LogP contribution < -0.4 is 5.32 Å². The number of hydrogen-bond donors (Lipinski definition) is 1. The predicted octanol–water partition coefficient (Wildman–Crippen LogP) is 1.17. The molecule has 1 N–H and O–H groups in total. The van der Waals surface area contributed by atoms with E-state index < -0.39 is 0 Å². The molecule has 0 saturated carbocycles. The monoisotopic (exact) mass is 258 g/mol. The van der Waals surface area contributed by atoms with Crippen molar-refractivity contribution < 1.29 is 14.3 Å². The quantitative estimate of drug-likeness (QED) is 0.664. The van der Waals surface area contributed by atoms with Gasteiger partial charge >= 0.3 is 5.97 Å². The molecule has 0 fully saturated rings. The fourth-order valence-electron chi connectivity index (χ4n) is 1.53. The molecule has 0 bridgehead atoms. The predicted molar refractivity (Wildman–Crippen MR) is 71.2 cm³/mol. The lowest BCUT2D eigenvalue weighted by Crippen LogP contribution is -2.40. The molecule has 0 aromatic heterocycles. The molecule has 0 unspecified atom stereocenters. The molecule has 0 saturated heterocycles. The van der Waals surface area contributed by atoms with E-state index in [0.29, 0.717) is 19.6 Å². The second-order valence-electron chi connectivity index (χ2n) is 4.84. The van der Waals surface area contributed by atoms with Crippen molar-refractivity contribution in [3.8, 4) is 0 Å². The molecule has 1 amide bonds. The molecule has 18 heavy (non-hydrogen) atoms. The maximum atomic E-state index is 11.5. The first-order valence-electron chi connectivity index (χ1n) is 6.55. The van der Waals surface area contributed by atoms with Gasteiger partial charge in [0.05, 0.1) is 13.2 Å². The van der Waals surface area contributed by atoms with Gasteiger partial charge in [0.25, 0.3) is 0 Å². The Morgan fingerprint density at radius 3 is 2.28 bits per heavy atom. The summed E-state index contributed by atoms with van der Waals surface area (Å²) in [5.74, 6) is -0.227. The first-order chi connectivity index (χ1) is 8.36. The number of nitrogens with one attached hydrogen (secondary N) is 1. The summed E-state index contributed by atoms with van der Waals surface area (Å²) < 4.78 is 4.91. The minimum Gasteiger partial charge on any atom is -0.465 e. The van der Waals surface area contributed by atoms with Crippen molar-refractivity contribution in [1.82, 2.24) is 10.2 Å². The summed E-state index contributed by atoms with van der Waals surface area (Å²) in [5, 5.41) is 2.83. The number of hydrogen-bond acceptors (Lipinski definition) is 4. The van der Waals surface area contributed by atoms with Crippen molar-refractivity contribution in [3.05, 3.63) is 0 Å². The van der Waals surface area contributed by atoms with Crippen LogP contribution in [0, 0.1) is 0 Å². The zero-order valence-electron chi connectivity index (χ0n) is 12.2. The van der Waals surface area contributed by atoms with Crippen molar-refractivity contribution in [2.75, 3.05) is 19.7 Å². The van der Waals surface area contributed by atoms with Crippen molar-refractivity contribution in [2.45, 2.75) is 53.1 Å². The van der Waals surface area contributed by atoms with Crippen molar-refractivity contribution in [3.63, 3.8) is 0 Å². The fraction of sp³-hybridized carbons (Fsp3) is 0.846. The van der Waals surface area contributed by atoms with Gasteiger partial charge in [0.1, 0.15) is 0 Å². The molecule has 0 aliphatic carbocycles. The molecular weight excluding hydrogens is 232 g/mol. The van der Waals surface area contributed by atoms with Gasteiger partial charge in [-0.25, -0.2) is 0 Å². The summed E-state index contributed by atoms with van der Waals surface area (Å²) in [6, 6.07) is 0.358.